The van der Waals surface area contributed by atoms with Crippen molar-refractivity contribution in [3.63, 3.8) is 0 Å². The molecule has 2 atom stereocenters. The summed E-state index contributed by atoms with van der Waals surface area (Å²) < 4.78 is 0. The van der Waals surface area contributed by atoms with Crippen molar-refractivity contribution in [2.45, 2.75) is 25.4 Å². The van der Waals surface area contributed by atoms with Crippen LogP contribution in [0.25, 0.3) is 0 Å². The van der Waals surface area contributed by atoms with Gasteiger partial charge in [-0.2, -0.15) is 0 Å². The van der Waals surface area contributed by atoms with Crippen LogP contribution < -0.4 is 5.32 Å². The second-order valence-corrected chi connectivity index (χ2v) is 6.10. The molecule has 1 N–H and O–H groups in total. The SMILES string of the molecule is Cl.O=[N+]([O-])c1ccc(Cl)cc1CN1CCC2NCCC2C1. The van der Waals surface area contributed by atoms with E-state index < -0.39 is 0 Å². The van der Waals surface area contributed by atoms with Gasteiger partial charge in [0.2, 0.25) is 0 Å². The zero-order valence-corrected chi connectivity index (χ0v) is 13.2. The van der Waals surface area contributed by atoms with Gasteiger partial charge in [0.1, 0.15) is 0 Å². The molecule has 0 spiro atoms. The molecular weight excluding hydrogens is 313 g/mol. The molecule has 0 aromatic heterocycles. The minimum Gasteiger partial charge on any atom is -0.314 e. The molecule has 2 saturated heterocycles. The third-order valence-corrected chi connectivity index (χ3v) is 4.61. The van der Waals surface area contributed by atoms with Crippen molar-refractivity contribution in [3.8, 4) is 0 Å². The topological polar surface area (TPSA) is 58.4 Å². The lowest BCUT2D eigenvalue weighted by Crippen LogP contribution is -2.43. The normalized spacial score (nSPS) is 25.2. The summed E-state index contributed by atoms with van der Waals surface area (Å²) in [6, 6.07) is 5.44. The number of hydrogen-bond acceptors (Lipinski definition) is 4. The number of hydrogen-bond donors (Lipinski definition) is 1. The minimum atomic E-state index is -0.324. The van der Waals surface area contributed by atoms with Crippen LogP contribution in [-0.4, -0.2) is 35.5 Å². The molecule has 0 radical (unpaired) electrons. The van der Waals surface area contributed by atoms with Gasteiger partial charge in [-0.3, -0.25) is 15.0 Å². The van der Waals surface area contributed by atoms with Crippen LogP contribution in [0, 0.1) is 16.0 Å². The van der Waals surface area contributed by atoms with Gasteiger partial charge in [0.25, 0.3) is 5.69 Å². The Hall–Kier alpha value is -0.880. The number of nitro benzene ring substituents is 1. The molecule has 116 valence electrons. The van der Waals surface area contributed by atoms with Gasteiger partial charge in [-0.05, 0) is 44.0 Å². The summed E-state index contributed by atoms with van der Waals surface area (Å²) in [6.07, 6.45) is 2.33. The first kappa shape index (κ1) is 16.5. The zero-order valence-electron chi connectivity index (χ0n) is 11.6. The van der Waals surface area contributed by atoms with E-state index in [0.29, 0.717) is 29.1 Å². The minimum absolute atomic E-state index is 0. The fraction of sp³-hybridized carbons (Fsp3) is 0.571. The summed E-state index contributed by atoms with van der Waals surface area (Å²) >= 11 is 5.98. The lowest BCUT2D eigenvalue weighted by molar-refractivity contribution is -0.385. The molecule has 21 heavy (non-hydrogen) atoms. The molecule has 0 aliphatic carbocycles. The first-order chi connectivity index (χ1) is 9.63. The Morgan fingerprint density at radius 2 is 2.24 bits per heavy atom. The lowest BCUT2D eigenvalue weighted by atomic mass is 9.93. The molecule has 2 aliphatic rings. The fourth-order valence-corrected chi connectivity index (χ4v) is 3.56. The largest absolute Gasteiger partial charge is 0.314 e. The van der Waals surface area contributed by atoms with Gasteiger partial charge in [0, 0.05) is 35.8 Å². The van der Waals surface area contributed by atoms with Gasteiger partial charge >= 0.3 is 0 Å². The molecule has 2 heterocycles. The lowest BCUT2D eigenvalue weighted by Gasteiger charge is -2.34. The molecule has 0 bridgehead atoms. The van der Waals surface area contributed by atoms with Crippen molar-refractivity contribution in [2.24, 2.45) is 5.92 Å². The molecule has 0 amide bonds. The Morgan fingerprint density at radius 1 is 1.43 bits per heavy atom. The number of nitrogens with zero attached hydrogens (tertiary/aromatic N) is 2. The quantitative estimate of drug-likeness (QED) is 0.683. The van der Waals surface area contributed by atoms with E-state index in [1.165, 1.54) is 12.5 Å². The van der Waals surface area contributed by atoms with Crippen LogP contribution in [0.2, 0.25) is 5.02 Å². The van der Waals surface area contributed by atoms with Gasteiger partial charge in [0.05, 0.1) is 4.92 Å². The van der Waals surface area contributed by atoms with Crippen LogP contribution in [-0.2, 0) is 6.54 Å². The van der Waals surface area contributed by atoms with E-state index in [-0.39, 0.29) is 23.0 Å². The van der Waals surface area contributed by atoms with Crippen molar-refractivity contribution in [1.82, 2.24) is 10.2 Å². The van der Waals surface area contributed by atoms with E-state index >= 15 is 0 Å². The molecule has 2 unspecified atom stereocenters. The highest BCUT2D eigenvalue weighted by molar-refractivity contribution is 6.30. The number of halogens is 2. The van der Waals surface area contributed by atoms with Crippen molar-refractivity contribution in [3.05, 3.63) is 38.9 Å². The first-order valence-corrected chi connectivity index (χ1v) is 7.40. The highest BCUT2D eigenvalue weighted by Gasteiger charge is 2.33. The van der Waals surface area contributed by atoms with Crippen LogP contribution in [0.1, 0.15) is 18.4 Å². The van der Waals surface area contributed by atoms with Gasteiger partial charge in [0.15, 0.2) is 0 Å². The van der Waals surface area contributed by atoms with Gasteiger partial charge in [-0.1, -0.05) is 11.6 Å². The van der Waals surface area contributed by atoms with E-state index in [4.69, 9.17) is 11.6 Å². The Balaban J connectivity index is 0.00000161. The summed E-state index contributed by atoms with van der Waals surface area (Å²) in [6.45, 7) is 3.71. The standard InChI is InChI=1S/C14H18ClN3O2.ClH/c15-12-1-2-14(18(19)20)11(7-12)9-17-6-4-13-10(8-17)3-5-16-13;/h1-2,7,10,13,16H,3-6,8-9H2;1H. The number of nitro groups is 1. The molecule has 0 saturated carbocycles. The molecule has 7 heteroatoms. The molecule has 1 aromatic carbocycles. The molecule has 2 aliphatic heterocycles. The maximum Gasteiger partial charge on any atom is 0.273 e. The Kier molecular flexibility index (Phi) is 5.43. The van der Waals surface area contributed by atoms with Crippen LogP contribution in [0.4, 0.5) is 5.69 Å². The Bertz CT molecular complexity index is 527. The molecular formula is C14H19Cl2N3O2. The van der Waals surface area contributed by atoms with Gasteiger partial charge in [-0.15, -0.1) is 12.4 Å². The van der Waals surface area contributed by atoms with Crippen LogP contribution in [0.15, 0.2) is 18.2 Å². The molecule has 5 nitrogen and oxygen atoms in total. The van der Waals surface area contributed by atoms with E-state index in [1.54, 1.807) is 12.1 Å². The number of benzene rings is 1. The van der Waals surface area contributed by atoms with E-state index in [9.17, 15) is 10.1 Å². The van der Waals surface area contributed by atoms with Crippen molar-refractivity contribution >= 4 is 29.7 Å². The van der Waals surface area contributed by atoms with E-state index in [1.807, 2.05) is 0 Å². The number of fused-ring (bicyclic) bond motifs is 1. The maximum absolute atomic E-state index is 11.1. The summed E-state index contributed by atoms with van der Waals surface area (Å²) in [5.41, 5.74) is 0.882. The molecule has 1 aromatic rings. The van der Waals surface area contributed by atoms with E-state index in [0.717, 1.165) is 26.1 Å². The summed E-state index contributed by atoms with van der Waals surface area (Å²) in [5.74, 6) is 0.682. The van der Waals surface area contributed by atoms with E-state index in [2.05, 4.69) is 10.2 Å². The van der Waals surface area contributed by atoms with Crippen LogP contribution in [0.5, 0.6) is 0 Å². The number of likely N-dealkylation sites (tertiary alicyclic amines) is 1. The fourth-order valence-electron chi connectivity index (χ4n) is 3.37. The van der Waals surface area contributed by atoms with Gasteiger partial charge < -0.3 is 5.32 Å². The first-order valence-electron chi connectivity index (χ1n) is 7.02. The number of nitrogens with one attached hydrogen (secondary N) is 1. The highest BCUT2D eigenvalue weighted by atomic mass is 35.5. The second kappa shape index (κ2) is 6.92. The Morgan fingerprint density at radius 3 is 3.00 bits per heavy atom. The van der Waals surface area contributed by atoms with Crippen molar-refractivity contribution in [1.29, 1.82) is 0 Å². The zero-order chi connectivity index (χ0) is 14.1. The van der Waals surface area contributed by atoms with Crippen molar-refractivity contribution < 1.29 is 4.92 Å². The molecule has 3 rings (SSSR count). The van der Waals surface area contributed by atoms with Gasteiger partial charge in [-0.25, -0.2) is 0 Å². The molecule has 2 fully saturated rings. The Labute approximate surface area is 135 Å². The second-order valence-electron chi connectivity index (χ2n) is 5.66. The summed E-state index contributed by atoms with van der Waals surface area (Å²) in [7, 11) is 0. The number of piperidine rings is 1. The monoisotopic (exact) mass is 331 g/mol. The average Bonchev–Trinajstić information content (AvgIpc) is 2.85. The predicted octanol–water partition coefficient (Wildman–Crippen LogP) is 2.85. The average molecular weight is 332 g/mol. The summed E-state index contributed by atoms with van der Waals surface area (Å²) in [4.78, 5) is 13.1. The third-order valence-electron chi connectivity index (χ3n) is 4.37. The third kappa shape index (κ3) is 3.66. The highest BCUT2D eigenvalue weighted by Crippen LogP contribution is 2.28. The van der Waals surface area contributed by atoms with Crippen LogP contribution >= 0.6 is 24.0 Å². The van der Waals surface area contributed by atoms with Crippen molar-refractivity contribution in [2.75, 3.05) is 19.6 Å². The maximum atomic E-state index is 11.1. The predicted molar refractivity (Wildman–Crippen MR) is 85.1 cm³/mol. The van der Waals surface area contributed by atoms with Crippen LogP contribution in [0.3, 0.4) is 0 Å². The summed E-state index contributed by atoms with van der Waals surface area (Å²) in [5, 5.41) is 15.2. The smallest absolute Gasteiger partial charge is 0.273 e. The number of rotatable bonds is 3.